The largest absolute Gasteiger partial charge is 0.393 e. The van der Waals surface area contributed by atoms with Crippen LogP contribution in [0.25, 0.3) is 11.4 Å². The van der Waals surface area contributed by atoms with Crippen LogP contribution in [-0.4, -0.2) is 15.0 Å². The van der Waals surface area contributed by atoms with Gasteiger partial charge in [0.15, 0.2) is 0 Å². The molecule has 15 heavy (non-hydrogen) atoms. The van der Waals surface area contributed by atoms with E-state index in [1.54, 1.807) is 11.3 Å². The molecule has 0 atom stereocenters. The van der Waals surface area contributed by atoms with Crippen LogP contribution in [0.4, 0.5) is 0 Å². The van der Waals surface area contributed by atoms with E-state index in [4.69, 9.17) is 18.0 Å². The van der Waals surface area contributed by atoms with Crippen molar-refractivity contribution < 1.29 is 0 Å². The third-order valence-electron chi connectivity index (χ3n) is 2.02. The number of hydrogen-bond donors (Lipinski definition) is 2. The molecular formula is C10H11N3S2. The van der Waals surface area contributed by atoms with E-state index in [1.165, 1.54) is 4.88 Å². The Hall–Kier alpha value is -1.20. The van der Waals surface area contributed by atoms with Crippen molar-refractivity contribution in [1.29, 1.82) is 0 Å². The van der Waals surface area contributed by atoms with Gasteiger partial charge in [0.25, 0.3) is 0 Å². The number of hydrogen-bond acceptors (Lipinski definition) is 3. The zero-order valence-electron chi connectivity index (χ0n) is 8.28. The van der Waals surface area contributed by atoms with Gasteiger partial charge in [-0.15, -0.1) is 11.3 Å². The molecule has 2 aromatic heterocycles. The van der Waals surface area contributed by atoms with E-state index in [-0.39, 0.29) is 0 Å². The Bertz CT molecular complexity index is 471. The molecule has 0 aliphatic heterocycles. The summed E-state index contributed by atoms with van der Waals surface area (Å²) in [5, 5.41) is 0.976. The maximum Gasteiger partial charge on any atom is 0.101 e. The molecule has 0 fully saturated rings. The molecule has 0 aliphatic carbocycles. The fourth-order valence-corrected chi connectivity index (χ4v) is 2.60. The number of thiocarbonyl (C=S) groups is 1. The molecule has 3 nitrogen and oxygen atoms in total. The number of rotatable bonds is 3. The first-order valence-corrected chi connectivity index (χ1v) is 5.77. The maximum absolute atomic E-state index is 5.49. The second-order valence-corrected chi connectivity index (χ2v) is 5.05. The zero-order chi connectivity index (χ0) is 10.8. The molecule has 78 valence electrons. The van der Waals surface area contributed by atoms with E-state index in [2.05, 4.69) is 16.9 Å². The molecule has 0 bridgehead atoms. The first-order chi connectivity index (χ1) is 7.16. The molecule has 0 radical (unpaired) electrons. The molecule has 0 saturated heterocycles. The number of nitrogens with two attached hydrogens (primary N) is 1. The number of thiazole rings is 1. The van der Waals surface area contributed by atoms with Crippen LogP contribution < -0.4 is 5.73 Å². The highest BCUT2D eigenvalue weighted by atomic mass is 32.1. The van der Waals surface area contributed by atoms with Gasteiger partial charge in [0.05, 0.1) is 10.7 Å². The quantitative estimate of drug-likeness (QED) is 0.805. The summed E-state index contributed by atoms with van der Waals surface area (Å²) in [6.45, 7) is 2.05. The van der Waals surface area contributed by atoms with Gasteiger partial charge in [0.1, 0.15) is 10.7 Å². The van der Waals surface area contributed by atoms with Gasteiger partial charge >= 0.3 is 0 Å². The molecule has 0 unspecified atom stereocenters. The molecule has 2 heterocycles. The summed E-state index contributed by atoms with van der Waals surface area (Å²) in [5.41, 5.74) is 7.53. The van der Waals surface area contributed by atoms with Crippen molar-refractivity contribution in [2.45, 2.75) is 13.3 Å². The molecule has 0 aliphatic rings. The number of aromatic nitrogens is 2. The van der Waals surface area contributed by atoms with Gasteiger partial charge in [0.2, 0.25) is 0 Å². The van der Waals surface area contributed by atoms with Crippen LogP contribution in [0.1, 0.15) is 9.88 Å². The normalized spacial score (nSPS) is 10.5. The standard InChI is InChI=1S/C10H11N3S2/c1-6-10(7-3-2-4-12-7)13-9(15-6)5-8(11)14/h2-4,12H,5H2,1H3,(H2,11,14). The highest BCUT2D eigenvalue weighted by Gasteiger charge is 2.10. The molecule has 5 heteroatoms. The number of aryl methyl sites for hydroxylation is 1. The minimum atomic E-state index is 0.488. The van der Waals surface area contributed by atoms with Crippen molar-refractivity contribution in [3.05, 3.63) is 28.2 Å². The smallest absolute Gasteiger partial charge is 0.101 e. The summed E-state index contributed by atoms with van der Waals surface area (Å²) >= 11 is 6.51. The van der Waals surface area contributed by atoms with E-state index < -0.39 is 0 Å². The van der Waals surface area contributed by atoms with Gasteiger partial charge in [-0.3, -0.25) is 0 Å². The predicted molar refractivity (Wildman–Crippen MR) is 67.1 cm³/mol. The highest BCUT2D eigenvalue weighted by Crippen LogP contribution is 2.26. The zero-order valence-corrected chi connectivity index (χ0v) is 9.91. The Morgan fingerprint density at radius 2 is 2.47 bits per heavy atom. The van der Waals surface area contributed by atoms with Crippen LogP contribution in [0.2, 0.25) is 0 Å². The van der Waals surface area contributed by atoms with Crippen LogP contribution in [0, 0.1) is 6.92 Å². The fourth-order valence-electron chi connectivity index (χ4n) is 1.40. The van der Waals surface area contributed by atoms with Crippen LogP contribution in [0.15, 0.2) is 18.3 Å². The molecule has 3 N–H and O–H groups in total. The third-order valence-corrected chi connectivity index (χ3v) is 3.13. The first-order valence-electron chi connectivity index (χ1n) is 4.55. The van der Waals surface area contributed by atoms with Crippen LogP contribution >= 0.6 is 23.6 Å². The lowest BCUT2D eigenvalue weighted by atomic mass is 10.3. The SMILES string of the molecule is Cc1sc(CC(N)=S)nc1-c1ccc[nH]1. The average Bonchev–Trinajstić information content (AvgIpc) is 2.72. The third kappa shape index (κ3) is 2.24. The summed E-state index contributed by atoms with van der Waals surface area (Å²) < 4.78 is 0. The summed E-state index contributed by atoms with van der Waals surface area (Å²) in [5.74, 6) is 0. The Balaban J connectivity index is 2.34. The Morgan fingerprint density at radius 1 is 1.67 bits per heavy atom. The van der Waals surface area contributed by atoms with Gasteiger partial charge in [-0.2, -0.15) is 0 Å². The van der Waals surface area contributed by atoms with E-state index in [1.807, 2.05) is 18.3 Å². The van der Waals surface area contributed by atoms with Gasteiger partial charge in [-0.25, -0.2) is 4.98 Å². The van der Waals surface area contributed by atoms with Crippen LogP contribution in [0.5, 0.6) is 0 Å². The van der Waals surface area contributed by atoms with Crippen molar-refractivity contribution in [3.63, 3.8) is 0 Å². The molecule has 2 rings (SSSR count). The lowest BCUT2D eigenvalue weighted by molar-refractivity contribution is 1.21. The molecule has 0 spiro atoms. The van der Waals surface area contributed by atoms with Gasteiger partial charge in [-0.1, -0.05) is 12.2 Å². The van der Waals surface area contributed by atoms with Crippen LogP contribution in [-0.2, 0) is 6.42 Å². The van der Waals surface area contributed by atoms with Crippen molar-refractivity contribution in [2.75, 3.05) is 0 Å². The monoisotopic (exact) mass is 237 g/mol. The number of nitrogens with zero attached hydrogens (tertiary/aromatic N) is 1. The van der Waals surface area contributed by atoms with Crippen LogP contribution in [0.3, 0.4) is 0 Å². The first kappa shape index (κ1) is 10.3. The highest BCUT2D eigenvalue weighted by molar-refractivity contribution is 7.80. The van der Waals surface area contributed by atoms with Gasteiger partial charge in [-0.05, 0) is 19.1 Å². The molecular weight excluding hydrogens is 226 g/mol. The van der Waals surface area contributed by atoms with E-state index in [0.29, 0.717) is 11.4 Å². The summed E-state index contributed by atoms with van der Waals surface area (Å²) in [6.07, 6.45) is 2.48. The van der Waals surface area contributed by atoms with E-state index in [9.17, 15) is 0 Å². The number of aromatic amines is 1. The van der Waals surface area contributed by atoms with E-state index >= 15 is 0 Å². The second kappa shape index (κ2) is 4.12. The summed E-state index contributed by atoms with van der Waals surface area (Å²) in [7, 11) is 0. The van der Waals surface area contributed by atoms with E-state index in [0.717, 1.165) is 16.4 Å². The van der Waals surface area contributed by atoms with Crippen molar-refractivity contribution in [3.8, 4) is 11.4 Å². The fraction of sp³-hybridized carbons (Fsp3) is 0.200. The average molecular weight is 237 g/mol. The van der Waals surface area contributed by atoms with Gasteiger partial charge in [0, 0.05) is 17.5 Å². The minimum absolute atomic E-state index is 0.488. The maximum atomic E-state index is 5.49. The minimum Gasteiger partial charge on any atom is -0.393 e. The Morgan fingerprint density at radius 3 is 3.07 bits per heavy atom. The molecule has 2 aromatic rings. The van der Waals surface area contributed by atoms with Gasteiger partial charge < -0.3 is 10.7 Å². The topological polar surface area (TPSA) is 54.7 Å². The van der Waals surface area contributed by atoms with Crippen molar-refractivity contribution >= 4 is 28.5 Å². The second-order valence-electron chi connectivity index (χ2n) is 3.24. The summed E-state index contributed by atoms with van der Waals surface area (Å²) in [6, 6.07) is 3.97. The van der Waals surface area contributed by atoms with Crippen molar-refractivity contribution in [2.24, 2.45) is 5.73 Å². The molecule has 0 aromatic carbocycles. The lowest BCUT2D eigenvalue weighted by Crippen LogP contribution is -2.10. The number of H-pyrrole nitrogens is 1. The summed E-state index contributed by atoms with van der Waals surface area (Å²) in [4.78, 5) is 9.32. The predicted octanol–water partition coefficient (Wildman–Crippen LogP) is 2.28. The lowest BCUT2D eigenvalue weighted by Gasteiger charge is -1.92. The molecule has 0 saturated carbocycles. The number of nitrogens with one attached hydrogen (secondary N) is 1. The van der Waals surface area contributed by atoms with Crippen molar-refractivity contribution in [1.82, 2.24) is 9.97 Å². The molecule has 0 amide bonds. The Labute approximate surface area is 97.4 Å². The Kier molecular flexibility index (Phi) is 2.83.